The molecule has 6 nitrogen and oxygen atoms in total. The van der Waals surface area contributed by atoms with Gasteiger partial charge in [0.25, 0.3) is 5.91 Å². The molecule has 6 heteroatoms. The van der Waals surface area contributed by atoms with Crippen molar-refractivity contribution >= 4 is 5.91 Å². The first kappa shape index (κ1) is 14.3. The Bertz CT molecular complexity index is 598. The minimum atomic E-state index is -0.00792. The van der Waals surface area contributed by atoms with Crippen LogP contribution in [0, 0.1) is 6.92 Å². The van der Waals surface area contributed by atoms with E-state index in [1.54, 1.807) is 22.8 Å². The van der Waals surface area contributed by atoms with Crippen molar-refractivity contribution in [2.24, 2.45) is 0 Å². The summed E-state index contributed by atoms with van der Waals surface area (Å²) < 4.78 is 3.64. The van der Waals surface area contributed by atoms with Gasteiger partial charge in [-0.3, -0.25) is 14.2 Å². The van der Waals surface area contributed by atoms with E-state index in [0.717, 1.165) is 24.3 Å². The molecule has 0 aliphatic rings. The first-order valence-corrected chi connectivity index (χ1v) is 6.86. The molecule has 0 radical (unpaired) electrons. The van der Waals surface area contributed by atoms with Crippen molar-refractivity contribution in [2.75, 3.05) is 7.05 Å². The van der Waals surface area contributed by atoms with Crippen LogP contribution in [0.15, 0.2) is 18.6 Å². The number of amides is 1. The molecule has 108 valence electrons. The Hall–Kier alpha value is -2.11. The summed E-state index contributed by atoms with van der Waals surface area (Å²) in [5.74, 6) is -0.00792. The van der Waals surface area contributed by atoms with Gasteiger partial charge in [-0.2, -0.15) is 10.2 Å². The van der Waals surface area contributed by atoms with E-state index in [1.807, 2.05) is 37.8 Å². The molecule has 1 amide bonds. The summed E-state index contributed by atoms with van der Waals surface area (Å²) in [4.78, 5) is 14.1. The highest BCUT2D eigenvalue weighted by atomic mass is 16.2. The van der Waals surface area contributed by atoms with Crippen molar-refractivity contribution in [3.63, 3.8) is 0 Å². The molecule has 0 aliphatic heterocycles. The molecular weight excluding hydrogens is 254 g/mol. The van der Waals surface area contributed by atoms with E-state index in [9.17, 15) is 4.79 Å². The van der Waals surface area contributed by atoms with Crippen molar-refractivity contribution in [1.82, 2.24) is 24.5 Å². The Labute approximate surface area is 119 Å². The highest BCUT2D eigenvalue weighted by Crippen LogP contribution is 2.11. The van der Waals surface area contributed by atoms with Crippen molar-refractivity contribution in [3.05, 3.63) is 35.4 Å². The van der Waals surface area contributed by atoms with E-state index >= 15 is 0 Å². The molecular formula is C14H21N5O. The molecule has 20 heavy (non-hydrogen) atoms. The standard InChI is InChI=1S/C14H21N5O/c1-5-18-9-12(7-15-18)8-17(4)14(20)13-10-19(6-2)16-11(13)3/h7,9-10H,5-6,8H2,1-4H3. The van der Waals surface area contributed by atoms with Gasteiger partial charge in [0.05, 0.1) is 17.5 Å². The Balaban J connectivity index is 2.09. The monoisotopic (exact) mass is 275 g/mol. The quantitative estimate of drug-likeness (QED) is 0.834. The van der Waals surface area contributed by atoms with E-state index in [0.29, 0.717) is 12.1 Å². The second-order valence-electron chi connectivity index (χ2n) is 4.85. The molecule has 0 aliphatic carbocycles. The van der Waals surface area contributed by atoms with Crippen LogP contribution in [0.2, 0.25) is 0 Å². The highest BCUT2D eigenvalue weighted by molar-refractivity contribution is 5.94. The summed E-state index contributed by atoms with van der Waals surface area (Å²) >= 11 is 0. The Morgan fingerprint density at radius 1 is 1.25 bits per heavy atom. The van der Waals surface area contributed by atoms with Gasteiger partial charge in [0, 0.05) is 44.6 Å². The molecule has 0 aromatic carbocycles. The smallest absolute Gasteiger partial charge is 0.257 e. The summed E-state index contributed by atoms with van der Waals surface area (Å²) in [5, 5.41) is 8.53. The highest BCUT2D eigenvalue weighted by Gasteiger charge is 2.17. The van der Waals surface area contributed by atoms with Gasteiger partial charge in [-0.15, -0.1) is 0 Å². The molecule has 0 atom stereocenters. The molecule has 0 fully saturated rings. The van der Waals surface area contributed by atoms with Crippen molar-refractivity contribution in [2.45, 2.75) is 40.4 Å². The summed E-state index contributed by atoms with van der Waals surface area (Å²) in [7, 11) is 1.80. The van der Waals surface area contributed by atoms with Crippen molar-refractivity contribution in [1.29, 1.82) is 0 Å². The number of nitrogens with zero attached hydrogens (tertiary/aromatic N) is 5. The van der Waals surface area contributed by atoms with E-state index in [2.05, 4.69) is 10.2 Å². The Kier molecular flexibility index (Phi) is 4.22. The lowest BCUT2D eigenvalue weighted by molar-refractivity contribution is 0.0784. The molecule has 0 saturated heterocycles. The van der Waals surface area contributed by atoms with Crippen molar-refractivity contribution in [3.8, 4) is 0 Å². The first-order valence-electron chi connectivity index (χ1n) is 6.86. The number of aryl methyl sites for hydroxylation is 3. The van der Waals surface area contributed by atoms with Crippen LogP contribution in [0.1, 0.15) is 35.5 Å². The number of carbonyl (C=O) groups excluding carboxylic acids is 1. The van der Waals surface area contributed by atoms with Crippen LogP contribution in [0.4, 0.5) is 0 Å². The summed E-state index contributed by atoms with van der Waals surface area (Å²) in [6, 6.07) is 0. The maximum Gasteiger partial charge on any atom is 0.257 e. The van der Waals surface area contributed by atoms with E-state index in [4.69, 9.17) is 0 Å². The second kappa shape index (κ2) is 5.90. The fraction of sp³-hybridized carbons (Fsp3) is 0.500. The minimum Gasteiger partial charge on any atom is -0.337 e. The van der Waals surface area contributed by atoms with Crippen LogP contribution in [-0.2, 0) is 19.6 Å². The maximum atomic E-state index is 12.4. The third-order valence-corrected chi connectivity index (χ3v) is 3.28. The Morgan fingerprint density at radius 3 is 2.50 bits per heavy atom. The number of rotatable bonds is 5. The number of aromatic nitrogens is 4. The van der Waals surface area contributed by atoms with E-state index < -0.39 is 0 Å². The topological polar surface area (TPSA) is 56.0 Å². The molecule has 0 bridgehead atoms. The average Bonchev–Trinajstić information content (AvgIpc) is 3.04. The summed E-state index contributed by atoms with van der Waals surface area (Å²) in [5.41, 5.74) is 2.47. The zero-order chi connectivity index (χ0) is 14.7. The van der Waals surface area contributed by atoms with Gasteiger partial charge >= 0.3 is 0 Å². The molecule has 0 unspecified atom stereocenters. The van der Waals surface area contributed by atoms with Crippen LogP contribution in [0.3, 0.4) is 0 Å². The van der Waals surface area contributed by atoms with Crippen LogP contribution >= 0.6 is 0 Å². The number of carbonyl (C=O) groups is 1. The van der Waals surface area contributed by atoms with Gasteiger partial charge in [0.1, 0.15) is 0 Å². The normalized spacial score (nSPS) is 10.8. The Morgan fingerprint density at radius 2 is 1.95 bits per heavy atom. The molecule has 2 rings (SSSR count). The predicted molar refractivity (Wildman–Crippen MR) is 76.3 cm³/mol. The van der Waals surface area contributed by atoms with Crippen LogP contribution in [0.5, 0.6) is 0 Å². The minimum absolute atomic E-state index is 0.00792. The maximum absolute atomic E-state index is 12.4. The van der Waals surface area contributed by atoms with Crippen LogP contribution in [0.25, 0.3) is 0 Å². The molecule has 0 saturated carbocycles. The molecule has 0 N–H and O–H groups in total. The van der Waals surface area contributed by atoms with Gasteiger partial charge in [0.2, 0.25) is 0 Å². The third-order valence-electron chi connectivity index (χ3n) is 3.28. The van der Waals surface area contributed by atoms with Gasteiger partial charge in [0.15, 0.2) is 0 Å². The average molecular weight is 275 g/mol. The predicted octanol–water partition coefficient (Wildman–Crippen LogP) is 1.70. The van der Waals surface area contributed by atoms with Gasteiger partial charge in [-0.1, -0.05) is 0 Å². The SMILES string of the molecule is CCn1cc(CN(C)C(=O)c2cn(CC)nc2C)cn1. The number of hydrogen-bond donors (Lipinski definition) is 0. The molecule has 2 heterocycles. The van der Waals surface area contributed by atoms with Crippen LogP contribution in [-0.4, -0.2) is 37.4 Å². The lowest BCUT2D eigenvalue weighted by Crippen LogP contribution is -2.26. The molecule has 2 aromatic heterocycles. The third kappa shape index (κ3) is 2.89. The number of hydrogen-bond acceptors (Lipinski definition) is 3. The van der Waals surface area contributed by atoms with Gasteiger partial charge in [-0.05, 0) is 20.8 Å². The first-order chi connectivity index (χ1) is 9.55. The van der Waals surface area contributed by atoms with Crippen LogP contribution < -0.4 is 0 Å². The summed E-state index contributed by atoms with van der Waals surface area (Å²) in [6.07, 6.45) is 5.57. The largest absolute Gasteiger partial charge is 0.337 e. The fourth-order valence-corrected chi connectivity index (χ4v) is 2.10. The zero-order valence-corrected chi connectivity index (χ0v) is 12.5. The lowest BCUT2D eigenvalue weighted by atomic mass is 10.2. The van der Waals surface area contributed by atoms with E-state index in [1.165, 1.54) is 0 Å². The molecule has 2 aromatic rings. The van der Waals surface area contributed by atoms with E-state index in [-0.39, 0.29) is 5.91 Å². The second-order valence-corrected chi connectivity index (χ2v) is 4.85. The summed E-state index contributed by atoms with van der Waals surface area (Å²) in [6.45, 7) is 8.05. The molecule has 0 spiro atoms. The van der Waals surface area contributed by atoms with Crippen molar-refractivity contribution < 1.29 is 4.79 Å². The lowest BCUT2D eigenvalue weighted by Gasteiger charge is -2.15. The zero-order valence-electron chi connectivity index (χ0n) is 12.5. The van der Waals surface area contributed by atoms with Gasteiger partial charge in [-0.25, -0.2) is 0 Å². The fourth-order valence-electron chi connectivity index (χ4n) is 2.10. The van der Waals surface area contributed by atoms with Gasteiger partial charge < -0.3 is 4.90 Å².